The molecule has 0 fully saturated rings. The fourth-order valence-electron chi connectivity index (χ4n) is 2.51. The van der Waals surface area contributed by atoms with Gasteiger partial charge in [0.15, 0.2) is 0 Å². The fraction of sp³-hybridized carbons (Fsp3) is 0.357. The first-order chi connectivity index (χ1) is 10.1. The molecule has 112 valence electrons. The normalized spacial score (nSPS) is 16.6. The van der Waals surface area contributed by atoms with Crippen molar-refractivity contribution in [1.82, 2.24) is 20.9 Å². The number of carbonyl (C=O) groups is 1. The van der Waals surface area contributed by atoms with Crippen molar-refractivity contribution in [2.75, 3.05) is 19.8 Å². The Morgan fingerprint density at radius 2 is 2.14 bits per heavy atom. The lowest BCUT2D eigenvalue weighted by molar-refractivity contribution is -0.122. The van der Waals surface area contributed by atoms with Crippen LogP contribution < -0.4 is 16.0 Å². The van der Waals surface area contributed by atoms with Crippen LogP contribution in [0.25, 0.3) is 0 Å². The minimum absolute atomic E-state index is 0.0106. The van der Waals surface area contributed by atoms with Crippen molar-refractivity contribution in [2.24, 2.45) is 0 Å². The number of hydrogen-bond acceptors (Lipinski definition) is 4. The molecule has 2 aliphatic heterocycles. The average Bonchev–Trinajstić information content (AvgIpc) is 3.05. The van der Waals surface area contributed by atoms with Crippen LogP contribution in [0.3, 0.4) is 0 Å². The standard InChI is InChI=1S/C14H16Cl2N4O/c15-10-2-1-9(5-11(10)16)6-18-13(21)7-20-8-19-14-12(20)3-4-17-14/h1-2,5,17,19H,3-4,6-8H2,(H,18,21). The van der Waals surface area contributed by atoms with Gasteiger partial charge in [0.1, 0.15) is 5.82 Å². The second kappa shape index (κ2) is 6.03. The zero-order valence-corrected chi connectivity index (χ0v) is 12.9. The predicted molar refractivity (Wildman–Crippen MR) is 82.7 cm³/mol. The van der Waals surface area contributed by atoms with E-state index in [9.17, 15) is 4.79 Å². The van der Waals surface area contributed by atoms with Crippen LogP contribution in [0.4, 0.5) is 0 Å². The molecule has 0 radical (unpaired) electrons. The maximum Gasteiger partial charge on any atom is 0.239 e. The highest BCUT2D eigenvalue weighted by Crippen LogP contribution is 2.23. The molecule has 1 aromatic carbocycles. The third kappa shape index (κ3) is 3.19. The average molecular weight is 327 g/mol. The Bertz CT molecular complexity index is 603. The molecule has 21 heavy (non-hydrogen) atoms. The zero-order chi connectivity index (χ0) is 14.8. The van der Waals surface area contributed by atoms with Gasteiger partial charge in [0, 0.05) is 19.5 Å². The molecule has 5 nitrogen and oxygen atoms in total. The molecule has 3 rings (SSSR count). The first kappa shape index (κ1) is 14.4. The van der Waals surface area contributed by atoms with Crippen LogP contribution in [0.5, 0.6) is 0 Å². The third-order valence-corrected chi connectivity index (χ3v) is 4.33. The number of hydrogen-bond donors (Lipinski definition) is 3. The van der Waals surface area contributed by atoms with Crippen molar-refractivity contribution < 1.29 is 4.79 Å². The van der Waals surface area contributed by atoms with Gasteiger partial charge in [-0.25, -0.2) is 0 Å². The number of nitrogens with one attached hydrogen (secondary N) is 3. The summed E-state index contributed by atoms with van der Waals surface area (Å²) in [6.07, 6.45) is 0.961. The molecular formula is C14H16Cl2N4O. The second-order valence-electron chi connectivity index (χ2n) is 5.06. The number of amides is 1. The van der Waals surface area contributed by atoms with Crippen molar-refractivity contribution in [2.45, 2.75) is 13.0 Å². The topological polar surface area (TPSA) is 56.4 Å². The van der Waals surface area contributed by atoms with Crippen LogP contribution in [0.15, 0.2) is 29.7 Å². The van der Waals surface area contributed by atoms with E-state index in [1.54, 1.807) is 12.1 Å². The van der Waals surface area contributed by atoms with Crippen LogP contribution in [0.1, 0.15) is 12.0 Å². The van der Waals surface area contributed by atoms with Crippen LogP contribution in [-0.2, 0) is 11.3 Å². The van der Waals surface area contributed by atoms with Crippen LogP contribution in [0, 0.1) is 0 Å². The smallest absolute Gasteiger partial charge is 0.239 e. The Morgan fingerprint density at radius 1 is 1.29 bits per heavy atom. The maximum atomic E-state index is 12.0. The van der Waals surface area contributed by atoms with Crippen molar-refractivity contribution in [3.8, 4) is 0 Å². The van der Waals surface area contributed by atoms with Crippen molar-refractivity contribution in [3.63, 3.8) is 0 Å². The van der Waals surface area contributed by atoms with E-state index in [-0.39, 0.29) is 5.91 Å². The molecule has 7 heteroatoms. The van der Waals surface area contributed by atoms with Gasteiger partial charge in [0.05, 0.1) is 29.0 Å². The molecule has 0 saturated heterocycles. The Labute approximate surface area is 133 Å². The number of carbonyl (C=O) groups excluding carboxylic acids is 1. The van der Waals surface area contributed by atoms with Gasteiger partial charge in [-0.3, -0.25) is 4.79 Å². The van der Waals surface area contributed by atoms with Gasteiger partial charge >= 0.3 is 0 Å². The molecular weight excluding hydrogens is 311 g/mol. The lowest BCUT2D eigenvalue weighted by Crippen LogP contribution is -2.37. The Kier molecular flexibility index (Phi) is 4.12. The predicted octanol–water partition coefficient (Wildman–Crippen LogP) is 1.63. The second-order valence-corrected chi connectivity index (χ2v) is 5.87. The summed E-state index contributed by atoms with van der Waals surface area (Å²) in [6, 6.07) is 5.35. The Hall–Kier alpha value is -1.59. The lowest BCUT2D eigenvalue weighted by atomic mass is 10.2. The van der Waals surface area contributed by atoms with Gasteiger partial charge in [-0.2, -0.15) is 0 Å². The van der Waals surface area contributed by atoms with Crippen LogP contribution in [0.2, 0.25) is 10.0 Å². The quantitative estimate of drug-likeness (QED) is 0.787. The van der Waals surface area contributed by atoms with Gasteiger partial charge in [-0.1, -0.05) is 29.3 Å². The molecule has 0 bridgehead atoms. The largest absolute Gasteiger partial charge is 0.370 e. The highest BCUT2D eigenvalue weighted by atomic mass is 35.5. The van der Waals surface area contributed by atoms with Crippen molar-refractivity contribution in [3.05, 3.63) is 45.3 Å². The maximum absolute atomic E-state index is 12.0. The minimum Gasteiger partial charge on any atom is -0.370 e. The summed E-state index contributed by atoms with van der Waals surface area (Å²) in [4.78, 5) is 14.1. The molecule has 0 saturated carbocycles. The molecule has 0 aromatic heterocycles. The summed E-state index contributed by atoms with van der Waals surface area (Å²) in [5, 5.41) is 10.4. The van der Waals surface area contributed by atoms with Crippen LogP contribution in [-0.4, -0.2) is 30.6 Å². The number of nitrogens with zero attached hydrogens (tertiary/aromatic N) is 1. The lowest BCUT2D eigenvalue weighted by Gasteiger charge is -2.19. The summed E-state index contributed by atoms with van der Waals surface area (Å²) >= 11 is 11.8. The minimum atomic E-state index is -0.0106. The van der Waals surface area contributed by atoms with Crippen molar-refractivity contribution in [1.29, 1.82) is 0 Å². The van der Waals surface area contributed by atoms with Crippen molar-refractivity contribution >= 4 is 29.1 Å². The van der Waals surface area contributed by atoms with Crippen LogP contribution >= 0.6 is 23.2 Å². The molecule has 0 unspecified atom stereocenters. The van der Waals surface area contributed by atoms with E-state index in [0.717, 1.165) is 24.4 Å². The summed E-state index contributed by atoms with van der Waals surface area (Å²) in [5.41, 5.74) is 2.12. The van der Waals surface area contributed by atoms with E-state index in [0.29, 0.717) is 29.8 Å². The first-order valence-electron chi connectivity index (χ1n) is 6.80. The van der Waals surface area contributed by atoms with E-state index in [2.05, 4.69) is 20.9 Å². The van der Waals surface area contributed by atoms with E-state index >= 15 is 0 Å². The summed E-state index contributed by atoms with van der Waals surface area (Å²) in [6.45, 7) is 2.41. The van der Waals surface area contributed by atoms with E-state index in [1.165, 1.54) is 5.70 Å². The molecule has 2 heterocycles. The fourth-order valence-corrected chi connectivity index (χ4v) is 2.84. The van der Waals surface area contributed by atoms with E-state index < -0.39 is 0 Å². The van der Waals surface area contributed by atoms with E-state index in [4.69, 9.17) is 23.2 Å². The molecule has 3 N–H and O–H groups in total. The number of rotatable bonds is 4. The molecule has 0 atom stereocenters. The summed E-state index contributed by atoms with van der Waals surface area (Å²) in [7, 11) is 0. The van der Waals surface area contributed by atoms with Gasteiger partial charge in [0.25, 0.3) is 0 Å². The Morgan fingerprint density at radius 3 is 2.95 bits per heavy atom. The highest BCUT2D eigenvalue weighted by Gasteiger charge is 2.26. The first-order valence-corrected chi connectivity index (χ1v) is 7.55. The zero-order valence-electron chi connectivity index (χ0n) is 11.4. The summed E-state index contributed by atoms with van der Waals surface area (Å²) in [5.74, 6) is 1.05. The van der Waals surface area contributed by atoms with E-state index in [1.807, 2.05) is 6.07 Å². The SMILES string of the molecule is O=C(CN1CNC2=C1CCN2)NCc1ccc(Cl)c(Cl)c1. The number of benzene rings is 1. The van der Waals surface area contributed by atoms with Gasteiger partial charge in [-0.15, -0.1) is 0 Å². The molecule has 1 aromatic rings. The molecule has 2 aliphatic rings. The highest BCUT2D eigenvalue weighted by molar-refractivity contribution is 6.42. The number of halogens is 2. The third-order valence-electron chi connectivity index (χ3n) is 3.59. The monoisotopic (exact) mass is 326 g/mol. The van der Waals surface area contributed by atoms with Gasteiger partial charge in [-0.05, 0) is 17.7 Å². The molecule has 0 aliphatic carbocycles. The van der Waals surface area contributed by atoms with Gasteiger partial charge in [0.2, 0.25) is 5.91 Å². The molecule has 0 spiro atoms. The van der Waals surface area contributed by atoms with Gasteiger partial charge < -0.3 is 20.9 Å². The summed E-state index contributed by atoms with van der Waals surface area (Å²) < 4.78 is 0. The Balaban J connectivity index is 1.52. The molecule has 1 amide bonds.